The SMILES string of the molecule is Cc1ccc(NC(=O)Nc2ccc(C)c(C(F)(F)F)c2)cc1C1CC2CNC(C)CC2N(C)C1=O. The zero-order valence-corrected chi connectivity index (χ0v) is 20.3. The number of amides is 3. The number of carbonyl (C=O) groups is 2. The van der Waals surface area contributed by atoms with Gasteiger partial charge in [-0.2, -0.15) is 13.2 Å². The lowest BCUT2D eigenvalue weighted by Crippen LogP contribution is -2.57. The quantitative estimate of drug-likeness (QED) is 0.551. The molecule has 0 aromatic heterocycles. The lowest BCUT2D eigenvalue weighted by molar-refractivity contribution is -0.140. The summed E-state index contributed by atoms with van der Waals surface area (Å²) in [5, 5.41) is 8.66. The Kier molecular flexibility index (Phi) is 6.81. The molecule has 4 unspecified atom stereocenters. The number of rotatable bonds is 3. The van der Waals surface area contributed by atoms with Crippen molar-refractivity contribution >= 4 is 23.3 Å². The van der Waals surface area contributed by atoms with Gasteiger partial charge in [-0.25, -0.2) is 4.79 Å². The van der Waals surface area contributed by atoms with E-state index in [2.05, 4.69) is 22.9 Å². The average Bonchev–Trinajstić information content (AvgIpc) is 2.78. The van der Waals surface area contributed by atoms with Crippen LogP contribution in [0.1, 0.15) is 47.9 Å². The van der Waals surface area contributed by atoms with Crippen molar-refractivity contribution < 1.29 is 22.8 Å². The fourth-order valence-electron chi connectivity index (χ4n) is 5.31. The second-order valence-corrected chi connectivity index (χ2v) is 9.79. The summed E-state index contributed by atoms with van der Waals surface area (Å²) < 4.78 is 39.6. The van der Waals surface area contributed by atoms with Crippen LogP contribution in [0.5, 0.6) is 0 Å². The normalized spacial score (nSPS) is 24.7. The molecule has 2 saturated heterocycles. The number of likely N-dealkylation sites (tertiary alicyclic amines) is 1. The number of piperidine rings is 2. The number of nitrogens with zero attached hydrogens (tertiary/aromatic N) is 1. The molecule has 2 aliphatic rings. The molecule has 188 valence electrons. The Labute approximate surface area is 203 Å². The van der Waals surface area contributed by atoms with E-state index >= 15 is 0 Å². The molecule has 6 nitrogen and oxygen atoms in total. The Morgan fingerprint density at radius 3 is 2.31 bits per heavy atom. The van der Waals surface area contributed by atoms with E-state index in [4.69, 9.17) is 0 Å². The molecule has 9 heteroatoms. The molecule has 3 amide bonds. The summed E-state index contributed by atoms with van der Waals surface area (Å²) in [5.74, 6) is 0.111. The summed E-state index contributed by atoms with van der Waals surface area (Å²) in [6.45, 7) is 6.29. The molecular weight excluding hydrogens is 457 g/mol. The highest BCUT2D eigenvalue weighted by Crippen LogP contribution is 2.39. The molecule has 0 bridgehead atoms. The van der Waals surface area contributed by atoms with E-state index < -0.39 is 17.8 Å². The van der Waals surface area contributed by atoms with Crippen LogP contribution in [-0.4, -0.2) is 42.5 Å². The number of hydrogen-bond donors (Lipinski definition) is 3. The van der Waals surface area contributed by atoms with E-state index in [0.29, 0.717) is 17.6 Å². The number of halogens is 3. The number of anilines is 2. The first-order valence-electron chi connectivity index (χ1n) is 11.8. The molecule has 0 aliphatic carbocycles. The minimum absolute atomic E-state index is 0.0434. The summed E-state index contributed by atoms with van der Waals surface area (Å²) in [7, 11) is 1.87. The number of alkyl halides is 3. The molecule has 0 radical (unpaired) electrons. The summed E-state index contributed by atoms with van der Waals surface area (Å²) in [6.07, 6.45) is -2.85. The van der Waals surface area contributed by atoms with Gasteiger partial charge < -0.3 is 20.9 Å². The van der Waals surface area contributed by atoms with Gasteiger partial charge in [0.1, 0.15) is 0 Å². The lowest BCUT2D eigenvalue weighted by atomic mass is 9.75. The average molecular weight is 489 g/mol. The van der Waals surface area contributed by atoms with Gasteiger partial charge in [-0.1, -0.05) is 12.1 Å². The van der Waals surface area contributed by atoms with E-state index in [-0.39, 0.29) is 29.1 Å². The van der Waals surface area contributed by atoms with Crippen LogP contribution in [-0.2, 0) is 11.0 Å². The zero-order chi connectivity index (χ0) is 25.5. The van der Waals surface area contributed by atoms with Crippen LogP contribution < -0.4 is 16.0 Å². The van der Waals surface area contributed by atoms with Crippen molar-refractivity contribution in [3.05, 3.63) is 58.7 Å². The summed E-state index contributed by atoms with van der Waals surface area (Å²) in [5.41, 5.74) is 1.61. The van der Waals surface area contributed by atoms with E-state index in [1.807, 2.05) is 24.9 Å². The van der Waals surface area contributed by atoms with Gasteiger partial charge in [0.05, 0.1) is 11.5 Å². The third-order valence-electron chi connectivity index (χ3n) is 7.26. The van der Waals surface area contributed by atoms with Crippen LogP contribution in [0.2, 0.25) is 0 Å². The Morgan fingerprint density at radius 2 is 1.66 bits per heavy atom. The highest BCUT2D eigenvalue weighted by atomic mass is 19.4. The molecule has 4 rings (SSSR count). The maximum Gasteiger partial charge on any atom is 0.416 e. The number of benzene rings is 2. The van der Waals surface area contributed by atoms with Gasteiger partial charge in [0.25, 0.3) is 0 Å². The summed E-state index contributed by atoms with van der Waals surface area (Å²) in [4.78, 5) is 27.7. The van der Waals surface area contributed by atoms with Crippen molar-refractivity contribution in [1.82, 2.24) is 10.2 Å². The van der Waals surface area contributed by atoms with Crippen molar-refractivity contribution in [1.29, 1.82) is 0 Å². The third-order valence-corrected chi connectivity index (χ3v) is 7.26. The molecule has 2 aromatic rings. The summed E-state index contributed by atoms with van der Waals surface area (Å²) in [6, 6.07) is 8.96. The van der Waals surface area contributed by atoms with Gasteiger partial charge in [0, 0.05) is 37.1 Å². The molecule has 3 N–H and O–H groups in total. The van der Waals surface area contributed by atoms with Crippen molar-refractivity contribution in [3.8, 4) is 0 Å². The molecule has 35 heavy (non-hydrogen) atoms. The lowest BCUT2D eigenvalue weighted by Gasteiger charge is -2.47. The second kappa shape index (κ2) is 9.53. The first kappa shape index (κ1) is 25.0. The molecule has 4 atom stereocenters. The van der Waals surface area contributed by atoms with Gasteiger partial charge in [0.15, 0.2) is 0 Å². The number of carbonyl (C=O) groups excluding carboxylic acids is 2. The van der Waals surface area contributed by atoms with Gasteiger partial charge in [-0.15, -0.1) is 0 Å². The third kappa shape index (κ3) is 5.29. The predicted octanol–water partition coefficient (Wildman–Crippen LogP) is 5.28. The highest BCUT2D eigenvalue weighted by Gasteiger charge is 2.43. The molecule has 2 aliphatic heterocycles. The largest absolute Gasteiger partial charge is 0.416 e. The van der Waals surface area contributed by atoms with Crippen LogP contribution >= 0.6 is 0 Å². The first-order valence-corrected chi connectivity index (χ1v) is 11.8. The minimum Gasteiger partial charge on any atom is -0.342 e. The van der Waals surface area contributed by atoms with Crippen LogP contribution in [0, 0.1) is 19.8 Å². The molecule has 2 aromatic carbocycles. The highest BCUT2D eigenvalue weighted by molar-refractivity contribution is 6.00. The van der Waals surface area contributed by atoms with Crippen LogP contribution in [0.4, 0.5) is 29.3 Å². The van der Waals surface area contributed by atoms with E-state index in [1.54, 1.807) is 12.1 Å². The maximum absolute atomic E-state index is 13.3. The smallest absolute Gasteiger partial charge is 0.342 e. The van der Waals surface area contributed by atoms with Gasteiger partial charge >= 0.3 is 12.2 Å². The maximum atomic E-state index is 13.3. The van der Waals surface area contributed by atoms with E-state index in [1.165, 1.54) is 19.1 Å². The summed E-state index contributed by atoms with van der Waals surface area (Å²) >= 11 is 0. The fourth-order valence-corrected chi connectivity index (χ4v) is 5.31. The molecule has 2 heterocycles. The van der Waals surface area contributed by atoms with Crippen molar-refractivity contribution in [3.63, 3.8) is 0 Å². The predicted molar refractivity (Wildman–Crippen MR) is 129 cm³/mol. The monoisotopic (exact) mass is 488 g/mol. The Bertz CT molecular complexity index is 1130. The standard InChI is InChI=1S/C26H31F3N4O2/c1-14-5-7-18(31-25(35)32-19-8-6-15(2)22(12-19)26(27,28)29)11-20(14)21-10-17-13-30-16(3)9-23(17)33(4)24(21)34/h5-8,11-12,16-17,21,23,30H,9-10,13H2,1-4H3,(H2,31,32,35). The van der Waals surface area contributed by atoms with Crippen LogP contribution in [0.25, 0.3) is 0 Å². The van der Waals surface area contributed by atoms with E-state index in [0.717, 1.165) is 36.6 Å². The van der Waals surface area contributed by atoms with Gasteiger partial charge in [-0.3, -0.25) is 4.79 Å². The van der Waals surface area contributed by atoms with Gasteiger partial charge in [0.2, 0.25) is 5.91 Å². The Hall–Kier alpha value is -3.07. The number of hydrogen-bond acceptors (Lipinski definition) is 3. The zero-order valence-electron chi connectivity index (χ0n) is 20.3. The number of nitrogens with one attached hydrogen (secondary N) is 3. The van der Waals surface area contributed by atoms with Crippen molar-refractivity contribution in [2.75, 3.05) is 24.2 Å². The fraction of sp³-hybridized carbons (Fsp3) is 0.462. The van der Waals surface area contributed by atoms with E-state index in [9.17, 15) is 22.8 Å². The van der Waals surface area contributed by atoms with Crippen molar-refractivity contribution in [2.24, 2.45) is 5.92 Å². The topological polar surface area (TPSA) is 73.5 Å². The molecule has 0 saturated carbocycles. The van der Waals surface area contributed by atoms with Crippen LogP contribution in [0.3, 0.4) is 0 Å². The minimum atomic E-state index is -4.51. The molecule has 2 fully saturated rings. The molecular formula is C26H31F3N4O2. The first-order chi connectivity index (χ1) is 16.4. The Balaban J connectivity index is 1.50. The number of aryl methyl sites for hydroxylation is 2. The van der Waals surface area contributed by atoms with Gasteiger partial charge in [-0.05, 0) is 80.5 Å². The molecule has 0 spiro atoms. The second-order valence-electron chi connectivity index (χ2n) is 9.79. The number of likely N-dealkylation sites (N-methyl/N-ethyl adjacent to an activating group) is 1. The van der Waals surface area contributed by atoms with Crippen molar-refractivity contribution in [2.45, 2.75) is 57.8 Å². The number of urea groups is 1. The van der Waals surface area contributed by atoms with Crippen LogP contribution in [0.15, 0.2) is 36.4 Å². The Morgan fingerprint density at radius 1 is 1.03 bits per heavy atom. The number of fused-ring (bicyclic) bond motifs is 1.